The topological polar surface area (TPSA) is 46.3 Å². The summed E-state index contributed by atoms with van der Waals surface area (Å²) in [6, 6.07) is 5.41. The summed E-state index contributed by atoms with van der Waals surface area (Å²) in [4.78, 5) is 3.27. The van der Waals surface area contributed by atoms with Crippen molar-refractivity contribution in [2.75, 3.05) is 0 Å². The first-order valence-electron chi connectivity index (χ1n) is 5.82. The molecule has 0 aliphatic heterocycles. The molecule has 0 saturated heterocycles. The van der Waals surface area contributed by atoms with E-state index in [-0.39, 0.29) is 17.1 Å². The average Bonchev–Trinajstić information content (AvgIpc) is 2.87. The van der Waals surface area contributed by atoms with Crippen molar-refractivity contribution in [1.29, 1.82) is 0 Å². The number of aliphatic hydroxyl groups excluding tert-OH is 1. The Morgan fingerprint density at radius 1 is 1.30 bits per heavy atom. The van der Waals surface area contributed by atoms with E-state index in [4.69, 9.17) is 16.0 Å². The van der Waals surface area contributed by atoms with E-state index in [2.05, 4.69) is 4.98 Å². The minimum atomic E-state index is -4.55. The Bertz CT molecular complexity index is 569. The number of aryl methyl sites for hydroxylation is 1. The van der Waals surface area contributed by atoms with Gasteiger partial charge in [0.15, 0.2) is 0 Å². The number of alkyl halides is 3. The maximum Gasteiger partial charge on any atom is 0.433 e. The number of nitrogens with zero attached hydrogens (tertiary/aromatic N) is 1. The summed E-state index contributed by atoms with van der Waals surface area (Å²) in [7, 11) is 0. The molecule has 1 unspecified atom stereocenters. The van der Waals surface area contributed by atoms with Gasteiger partial charge in [-0.05, 0) is 24.6 Å². The third-order valence-electron chi connectivity index (χ3n) is 2.77. The van der Waals surface area contributed by atoms with Crippen molar-refractivity contribution < 1.29 is 22.7 Å². The fourth-order valence-electron chi connectivity index (χ4n) is 1.74. The van der Waals surface area contributed by atoms with Crippen molar-refractivity contribution in [3.63, 3.8) is 0 Å². The first-order valence-corrected chi connectivity index (χ1v) is 6.20. The number of rotatable bonds is 4. The lowest BCUT2D eigenvalue weighted by molar-refractivity contribution is -0.141. The van der Waals surface area contributed by atoms with E-state index in [1.807, 2.05) is 0 Å². The Hall–Kier alpha value is -1.53. The Labute approximate surface area is 118 Å². The molecule has 2 heterocycles. The fourth-order valence-corrected chi connectivity index (χ4v) is 2.02. The van der Waals surface area contributed by atoms with Gasteiger partial charge in [-0.2, -0.15) is 13.2 Å². The summed E-state index contributed by atoms with van der Waals surface area (Å²) < 4.78 is 42.4. The highest BCUT2D eigenvalue weighted by atomic mass is 35.5. The average molecular weight is 306 g/mol. The lowest BCUT2D eigenvalue weighted by Gasteiger charge is -2.13. The summed E-state index contributed by atoms with van der Waals surface area (Å²) >= 11 is 5.70. The predicted octanol–water partition coefficient (Wildman–Crippen LogP) is 4.01. The van der Waals surface area contributed by atoms with Crippen LogP contribution in [-0.4, -0.2) is 10.1 Å². The third kappa shape index (κ3) is 3.52. The number of pyridine rings is 1. The van der Waals surface area contributed by atoms with Crippen molar-refractivity contribution in [2.45, 2.75) is 25.1 Å². The maximum atomic E-state index is 12.4. The van der Waals surface area contributed by atoms with E-state index >= 15 is 0 Å². The van der Waals surface area contributed by atoms with Gasteiger partial charge in [-0.25, -0.2) is 4.98 Å². The van der Waals surface area contributed by atoms with Gasteiger partial charge in [0.1, 0.15) is 16.6 Å². The molecule has 2 aromatic heterocycles. The van der Waals surface area contributed by atoms with Crippen LogP contribution < -0.4 is 0 Å². The lowest BCUT2D eigenvalue weighted by Crippen LogP contribution is -2.10. The summed E-state index contributed by atoms with van der Waals surface area (Å²) in [5, 5.41) is 9.61. The van der Waals surface area contributed by atoms with Crippen LogP contribution >= 0.6 is 11.6 Å². The molecular weight excluding hydrogens is 295 g/mol. The number of hydrogen-bond acceptors (Lipinski definition) is 3. The zero-order chi connectivity index (χ0) is 14.8. The normalized spacial score (nSPS) is 13.4. The number of aromatic nitrogens is 1. The van der Waals surface area contributed by atoms with Crippen LogP contribution in [0.1, 0.15) is 29.5 Å². The van der Waals surface area contributed by atoms with E-state index in [0.717, 1.165) is 12.1 Å². The number of hydrogen-bond donors (Lipinski definition) is 1. The third-order valence-corrected chi connectivity index (χ3v) is 3.07. The minimum absolute atomic E-state index is 0.172. The van der Waals surface area contributed by atoms with E-state index in [0.29, 0.717) is 12.2 Å². The number of aliphatic hydroxyl groups is 1. The summed E-state index contributed by atoms with van der Waals surface area (Å²) in [6.45, 7) is 0. The maximum absolute atomic E-state index is 12.4. The highest BCUT2D eigenvalue weighted by Gasteiger charge is 2.33. The van der Waals surface area contributed by atoms with Gasteiger partial charge >= 0.3 is 6.18 Å². The second-order valence-electron chi connectivity index (χ2n) is 4.21. The molecule has 0 spiro atoms. The lowest BCUT2D eigenvalue weighted by atomic mass is 10.1. The Kier molecular flexibility index (Phi) is 4.35. The van der Waals surface area contributed by atoms with E-state index in [1.54, 1.807) is 12.1 Å². The summed E-state index contributed by atoms with van der Waals surface area (Å²) in [6.07, 6.45) is -3.32. The summed E-state index contributed by atoms with van der Waals surface area (Å²) in [5.41, 5.74) is -0.907. The van der Waals surface area contributed by atoms with Crippen LogP contribution in [0.25, 0.3) is 0 Å². The van der Waals surface area contributed by atoms with Gasteiger partial charge in [0.05, 0.1) is 12.4 Å². The molecule has 1 atom stereocenters. The first-order chi connectivity index (χ1) is 9.38. The van der Waals surface area contributed by atoms with Gasteiger partial charge in [0.2, 0.25) is 0 Å². The molecule has 3 nitrogen and oxygen atoms in total. The molecule has 2 aromatic rings. The molecule has 0 saturated carbocycles. The van der Waals surface area contributed by atoms with Crippen molar-refractivity contribution in [2.24, 2.45) is 0 Å². The van der Waals surface area contributed by atoms with E-state index < -0.39 is 18.0 Å². The van der Waals surface area contributed by atoms with Crippen molar-refractivity contribution in [3.05, 3.63) is 52.7 Å². The molecule has 0 aromatic carbocycles. The van der Waals surface area contributed by atoms with Crippen molar-refractivity contribution in [3.8, 4) is 0 Å². The Morgan fingerprint density at radius 2 is 2.05 bits per heavy atom. The highest BCUT2D eigenvalue weighted by Crippen LogP contribution is 2.32. The Morgan fingerprint density at radius 3 is 2.60 bits per heavy atom. The molecule has 20 heavy (non-hydrogen) atoms. The summed E-state index contributed by atoms with van der Waals surface area (Å²) in [5.74, 6) is 0.681. The molecule has 0 fully saturated rings. The SMILES string of the molecule is OC(CCc1ccco1)c1ccc(C(F)(F)F)nc1Cl. The quantitative estimate of drug-likeness (QED) is 0.868. The van der Waals surface area contributed by atoms with Crippen LogP contribution in [0.3, 0.4) is 0 Å². The van der Waals surface area contributed by atoms with E-state index in [9.17, 15) is 18.3 Å². The van der Waals surface area contributed by atoms with Crippen LogP contribution in [0.5, 0.6) is 0 Å². The first kappa shape index (κ1) is 14.9. The Balaban J connectivity index is 2.08. The van der Waals surface area contributed by atoms with Gasteiger partial charge in [0, 0.05) is 12.0 Å². The largest absolute Gasteiger partial charge is 0.469 e. The van der Waals surface area contributed by atoms with Crippen LogP contribution in [0.4, 0.5) is 13.2 Å². The second kappa shape index (κ2) is 5.85. The van der Waals surface area contributed by atoms with Crippen LogP contribution in [0, 0.1) is 0 Å². The molecule has 2 rings (SSSR count). The van der Waals surface area contributed by atoms with Crippen molar-refractivity contribution in [1.82, 2.24) is 4.98 Å². The number of furan rings is 1. The molecule has 108 valence electrons. The van der Waals surface area contributed by atoms with Crippen molar-refractivity contribution >= 4 is 11.6 Å². The zero-order valence-electron chi connectivity index (χ0n) is 10.2. The smallest absolute Gasteiger partial charge is 0.433 e. The second-order valence-corrected chi connectivity index (χ2v) is 4.57. The van der Waals surface area contributed by atoms with Crippen LogP contribution in [-0.2, 0) is 12.6 Å². The molecule has 0 aliphatic rings. The molecule has 7 heteroatoms. The number of halogens is 4. The highest BCUT2D eigenvalue weighted by molar-refractivity contribution is 6.30. The molecular formula is C13H11ClF3NO2. The fraction of sp³-hybridized carbons (Fsp3) is 0.308. The monoisotopic (exact) mass is 305 g/mol. The van der Waals surface area contributed by atoms with E-state index in [1.165, 1.54) is 6.26 Å². The van der Waals surface area contributed by atoms with Gasteiger partial charge in [-0.1, -0.05) is 17.7 Å². The molecule has 0 radical (unpaired) electrons. The predicted molar refractivity (Wildman–Crippen MR) is 66.2 cm³/mol. The molecule has 0 aliphatic carbocycles. The van der Waals surface area contributed by atoms with Gasteiger partial charge in [-0.15, -0.1) is 0 Å². The molecule has 0 bridgehead atoms. The van der Waals surface area contributed by atoms with Gasteiger partial charge in [0.25, 0.3) is 0 Å². The minimum Gasteiger partial charge on any atom is -0.469 e. The van der Waals surface area contributed by atoms with Gasteiger partial charge < -0.3 is 9.52 Å². The standard InChI is InChI=1S/C13H11ClF3NO2/c14-12-9(4-6-11(18-12)13(15,16)17)10(19)5-3-8-2-1-7-20-8/h1-2,4,6-7,10,19H,3,5H2. The molecule has 1 N–H and O–H groups in total. The van der Waals surface area contributed by atoms with Crippen LogP contribution in [0.2, 0.25) is 5.15 Å². The van der Waals surface area contributed by atoms with Crippen LogP contribution in [0.15, 0.2) is 34.9 Å². The molecule has 0 amide bonds. The zero-order valence-corrected chi connectivity index (χ0v) is 10.9. The van der Waals surface area contributed by atoms with Gasteiger partial charge in [-0.3, -0.25) is 0 Å².